The lowest BCUT2D eigenvalue weighted by molar-refractivity contribution is -0.676. The van der Waals surface area contributed by atoms with Crippen molar-refractivity contribution in [2.24, 2.45) is 0 Å². The highest BCUT2D eigenvalue weighted by atomic mass is 32.1. The standard InChI is InChI=1S/C23H29N3OS/c1-2-3-7-18-9-11-19(12-10-18)22(20-8-6-15-28-20)25-16-21(27)26-23(17-24)13-4-5-14-23/h6,8-12,15,22,25H,2-5,7,13-14,16H2,1H3,(H,26,27)/p+1/t22-/m1/s1. The lowest BCUT2D eigenvalue weighted by atomic mass is 9.99. The highest BCUT2D eigenvalue weighted by Crippen LogP contribution is 2.28. The smallest absolute Gasteiger partial charge is 0.276 e. The van der Waals surface area contributed by atoms with E-state index in [0.717, 1.165) is 32.1 Å². The zero-order valence-electron chi connectivity index (χ0n) is 16.6. The van der Waals surface area contributed by atoms with Crippen molar-refractivity contribution < 1.29 is 10.1 Å². The summed E-state index contributed by atoms with van der Waals surface area (Å²) in [5.74, 6) is -0.0513. The van der Waals surface area contributed by atoms with Gasteiger partial charge in [-0.15, -0.1) is 11.3 Å². The largest absolute Gasteiger partial charge is 0.333 e. The summed E-state index contributed by atoms with van der Waals surface area (Å²) in [5.41, 5.74) is 1.93. The predicted octanol–water partition coefficient (Wildman–Crippen LogP) is 3.70. The fraction of sp³-hybridized carbons (Fsp3) is 0.478. The summed E-state index contributed by atoms with van der Waals surface area (Å²) in [4.78, 5) is 13.8. The number of nitriles is 1. The first-order chi connectivity index (χ1) is 13.7. The summed E-state index contributed by atoms with van der Waals surface area (Å²) in [5, 5.41) is 16.6. The summed E-state index contributed by atoms with van der Waals surface area (Å²) in [6.45, 7) is 2.53. The molecule has 0 bridgehead atoms. The number of quaternary nitrogens is 1. The van der Waals surface area contributed by atoms with Crippen molar-refractivity contribution in [3.8, 4) is 6.07 Å². The van der Waals surface area contributed by atoms with Crippen LogP contribution in [0.4, 0.5) is 0 Å². The molecule has 1 aromatic carbocycles. The molecule has 0 saturated heterocycles. The molecule has 1 saturated carbocycles. The van der Waals surface area contributed by atoms with Crippen molar-refractivity contribution in [3.63, 3.8) is 0 Å². The number of unbranched alkanes of at least 4 members (excludes halogenated alkanes) is 1. The molecule has 0 aliphatic heterocycles. The van der Waals surface area contributed by atoms with Crippen LogP contribution in [0, 0.1) is 11.3 Å². The monoisotopic (exact) mass is 396 g/mol. The fourth-order valence-electron chi connectivity index (χ4n) is 3.94. The van der Waals surface area contributed by atoms with Gasteiger partial charge in [-0.3, -0.25) is 4.79 Å². The molecule has 1 aromatic heterocycles. The minimum Gasteiger partial charge on any atom is -0.333 e. The average Bonchev–Trinajstić information content (AvgIpc) is 3.40. The summed E-state index contributed by atoms with van der Waals surface area (Å²) in [7, 11) is 0. The van der Waals surface area contributed by atoms with Gasteiger partial charge < -0.3 is 10.6 Å². The third-order valence-electron chi connectivity index (χ3n) is 5.60. The molecular formula is C23H30N3OS+. The molecule has 3 N–H and O–H groups in total. The second-order valence-electron chi connectivity index (χ2n) is 7.73. The van der Waals surface area contributed by atoms with Crippen LogP contribution in [-0.4, -0.2) is 18.0 Å². The number of amides is 1. The Hall–Kier alpha value is -2.16. The van der Waals surface area contributed by atoms with Gasteiger partial charge in [0, 0.05) is 5.56 Å². The second-order valence-corrected chi connectivity index (χ2v) is 8.71. The third kappa shape index (κ3) is 5.21. The predicted molar refractivity (Wildman–Crippen MR) is 113 cm³/mol. The lowest BCUT2D eigenvalue weighted by Gasteiger charge is -2.22. The van der Waals surface area contributed by atoms with Gasteiger partial charge >= 0.3 is 0 Å². The van der Waals surface area contributed by atoms with E-state index in [1.807, 2.05) is 0 Å². The molecule has 2 aromatic rings. The van der Waals surface area contributed by atoms with Crippen molar-refractivity contribution in [3.05, 3.63) is 57.8 Å². The van der Waals surface area contributed by atoms with Gasteiger partial charge in [0.2, 0.25) is 0 Å². The maximum Gasteiger partial charge on any atom is 0.276 e. The number of thiophene rings is 1. The number of hydrogen-bond acceptors (Lipinski definition) is 3. The topological polar surface area (TPSA) is 69.5 Å². The number of aryl methyl sites for hydroxylation is 1. The molecule has 1 fully saturated rings. The lowest BCUT2D eigenvalue weighted by Crippen LogP contribution is -2.88. The highest BCUT2D eigenvalue weighted by Gasteiger charge is 2.35. The van der Waals surface area contributed by atoms with Gasteiger partial charge in [0.15, 0.2) is 6.54 Å². The van der Waals surface area contributed by atoms with Gasteiger partial charge in [-0.2, -0.15) is 5.26 Å². The van der Waals surface area contributed by atoms with Crippen LogP contribution in [0.2, 0.25) is 0 Å². The van der Waals surface area contributed by atoms with Gasteiger partial charge in [-0.25, -0.2) is 0 Å². The van der Waals surface area contributed by atoms with E-state index in [1.165, 1.54) is 28.8 Å². The number of nitrogens with two attached hydrogens (primary N) is 1. The van der Waals surface area contributed by atoms with Crippen LogP contribution < -0.4 is 10.6 Å². The molecule has 4 nitrogen and oxygen atoms in total. The average molecular weight is 397 g/mol. The first kappa shape index (κ1) is 20.6. The summed E-state index contributed by atoms with van der Waals surface area (Å²) >= 11 is 1.72. The van der Waals surface area contributed by atoms with Gasteiger partial charge in [0.1, 0.15) is 11.6 Å². The van der Waals surface area contributed by atoms with Crippen LogP contribution in [0.25, 0.3) is 0 Å². The normalized spacial score (nSPS) is 16.4. The number of carbonyl (C=O) groups is 1. The fourth-order valence-corrected chi connectivity index (χ4v) is 4.79. The Balaban J connectivity index is 1.66. The molecule has 1 amide bonds. The molecule has 3 rings (SSSR count). The Bertz CT molecular complexity index is 786. The van der Waals surface area contributed by atoms with Gasteiger partial charge in [-0.05, 0) is 55.5 Å². The summed E-state index contributed by atoms with van der Waals surface area (Å²) < 4.78 is 0. The van der Waals surface area contributed by atoms with E-state index >= 15 is 0 Å². The van der Waals surface area contributed by atoms with Crippen LogP contribution in [0.1, 0.15) is 67.5 Å². The Morgan fingerprint density at radius 2 is 2.04 bits per heavy atom. The van der Waals surface area contributed by atoms with E-state index < -0.39 is 5.54 Å². The van der Waals surface area contributed by atoms with Crippen LogP contribution in [-0.2, 0) is 11.2 Å². The number of carbonyl (C=O) groups excluding carboxylic acids is 1. The van der Waals surface area contributed by atoms with Crippen molar-refractivity contribution in [1.29, 1.82) is 5.26 Å². The maximum absolute atomic E-state index is 12.6. The van der Waals surface area contributed by atoms with Crippen LogP contribution >= 0.6 is 11.3 Å². The van der Waals surface area contributed by atoms with Crippen molar-refractivity contribution in [1.82, 2.24) is 5.32 Å². The molecular weight excluding hydrogens is 366 g/mol. The first-order valence-corrected chi connectivity index (χ1v) is 11.2. The number of nitrogens with zero attached hydrogens (tertiary/aromatic N) is 1. The molecule has 0 spiro atoms. The third-order valence-corrected chi connectivity index (χ3v) is 6.55. The Morgan fingerprint density at radius 3 is 2.64 bits per heavy atom. The SMILES string of the molecule is CCCCc1ccc([C@@H]([NH2+]CC(=O)NC2(C#N)CCCC2)c2cccs2)cc1. The zero-order chi connectivity index (χ0) is 19.8. The van der Waals surface area contributed by atoms with Crippen molar-refractivity contribution >= 4 is 17.2 Å². The molecule has 0 radical (unpaired) electrons. The van der Waals surface area contributed by atoms with Crippen molar-refractivity contribution in [2.75, 3.05) is 6.54 Å². The van der Waals surface area contributed by atoms with E-state index in [0.29, 0.717) is 6.54 Å². The zero-order valence-corrected chi connectivity index (χ0v) is 17.4. The molecule has 1 aliphatic rings. The van der Waals surface area contributed by atoms with Gasteiger partial charge in [-0.1, -0.05) is 43.7 Å². The Morgan fingerprint density at radius 1 is 1.29 bits per heavy atom. The maximum atomic E-state index is 12.6. The van der Waals surface area contributed by atoms with Crippen LogP contribution in [0.3, 0.4) is 0 Å². The van der Waals surface area contributed by atoms with Gasteiger partial charge in [0.25, 0.3) is 5.91 Å². The molecule has 28 heavy (non-hydrogen) atoms. The number of hydrogen-bond donors (Lipinski definition) is 2. The second kappa shape index (κ2) is 9.86. The number of benzene rings is 1. The van der Waals surface area contributed by atoms with Gasteiger partial charge in [0.05, 0.1) is 10.9 Å². The van der Waals surface area contributed by atoms with Crippen LogP contribution in [0.5, 0.6) is 0 Å². The summed E-state index contributed by atoms with van der Waals surface area (Å²) in [6.07, 6.45) is 7.08. The highest BCUT2D eigenvalue weighted by molar-refractivity contribution is 7.10. The quantitative estimate of drug-likeness (QED) is 0.679. The van der Waals surface area contributed by atoms with E-state index in [9.17, 15) is 10.1 Å². The molecule has 1 aliphatic carbocycles. The molecule has 5 heteroatoms. The van der Waals surface area contributed by atoms with Crippen molar-refractivity contribution in [2.45, 2.75) is 63.5 Å². The van der Waals surface area contributed by atoms with E-state index in [2.05, 4.69) is 65.4 Å². The number of rotatable bonds is 9. The Kier molecular flexibility index (Phi) is 7.24. The van der Waals surface area contributed by atoms with E-state index in [1.54, 1.807) is 11.3 Å². The number of nitrogens with one attached hydrogen (secondary N) is 1. The minimum absolute atomic E-state index is 0.0513. The molecule has 148 valence electrons. The molecule has 1 atom stereocenters. The van der Waals surface area contributed by atoms with Crippen LogP contribution in [0.15, 0.2) is 41.8 Å². The van der Waals surface area contributed by atoms with E-state index in [4.69, 9.17) is 0 Å². The summed E-state index contributed by atoms with van der Waals surface area (Å²) in [6, 6.07) is 15.4. The van der Waals surface area contributed by atoms with E-state index in [-0.39, 0.29) is 11.9 Å². The minimum atomic E-state index is -0.649. The molecule has 0 unspecified atom stereocenters. The first-order valence-electron chi connectivity index (χ1n) is 10.3. The Labute approximate surface area is 172 Å². The molecule has 1 heterocycles.